The monoisotopic (exact) mass is 511 g/mol. The molecule has 35 heavy (non-hydrogen) atoms. The highest BCUT2D eigenvalue weighted by Crippen LogP contribution is 2.35. The Morgan fingerprint density at radius 2 is 1.97 bits per heavy atom. The molecule has 1 aliphatic rings. The molecule has 1 aromatic heterocycles. The van der Waals surface area contributed by atoms with Gasteiger partial charge in [0.1, 0.15) is 10.0 Å². The Balaban J connectivity index is 1.71. The van der Waals surface area contributed by atoms with Gasteiger partial charge in [-0.15, -0.1) is 0 Å². The van der Waals surface area contributed by atoms with Crippen molar-refractivity contribution < 1.29 is 18.7 Å². The van der Waals surface area contributed by atoms with Crippen LogP contribution in [0.4, 0.5) is 4.39 Å². The number of amides is 1. The number of thioether (sulfide) groups is 1. The third-order valence-corrected chi connectivity index (χ3v) is 6.70. The molecule has 0 radical (unpaired) electrons. The third-order valence-electron chi connectivity index (χ3n) is 5.32. The Hall–Kier alpha value is -3.01. The first kappa shape index (κ1) is 25.1. The van der Waals surface area contributed by atoms with Crippen molar-refractivity contribution in [3.05, 3.63) is 71.0 Å². The van der Waals surface area contributed by atoms with E-state index in [4.69, 9.17) is 26.8 Å². The van der Waals surface area contributed by atoms with Crippen LogP contribution >= 0.6 is 24.0 Å². The first-order chi connectivity index (χ1) is 17.0. The summed E-state index contributed by atoms with van der Waals surface area (Å²) in [6.45, 7) is 3.45. The smallest absolute Gasteiger partial charge is 0.266 e. The second kappa shape index (κ2) is 11.6. The second-order valence-corrected chi connectivity index (χ2v) is 9.56. The van der Waals surface area contributed by atoms with Crippen LogP contribution < -0.4 is 4.74 Å². The van der Waals surface area contributed by atoms with E-state index < -0.39 is 5.82 Å². The van der Waals surface area contributed by atoms with E-state index in [2.05, 4.69) is 0 Å². The maximum Gasteiger partial charge on any atom is 0.266 e. The lowest BCUT2D eigenvalue weighted by Gasteiger charge is -2.13. The number of rotatable bonds is 10. The third kappa shape index (κ3) is 5.80. The van der Waals surface area contributed by atoms with E-state index in [1.54, 1.807) is 34.9 Å². The Kier molecular flexibility index (Phi) is 8.33. The number of methoxy groups -OCH3 is 1. The molecule has 1 amide bonds. The number of hydrogen-bond donors (Lipinski definition) is 0. The molecule has 0 spiro atoms. The fourth-order valence-electron chi connectivity index (χ4n) is 3.61. The summed E-state index contributed by atoms with van der Waals surface area (Å²) in [7, 11) is 1.63. The van der Waals surface area contributed by atoms with Crippen molar-refractivity contribution in [3.8, 4) is 22.7 Å². The van der Waals surface area contributed by atoms with Gasteiger partial charge in [-0.05, 0) is 49.2 Å². The number of carbonyl (C=O) groups is 1. The molecule has 2 heterocycles. The van der Waals surface area contributed by atoms with Gasteiger partial charge in [0.15, 0.2) is 11.6 Å². The molecule has 9 heteroatoms. The van der Waals surface area contributed by atoms with Gasteiger partial charge in [-0.2, -0.15) is 5.10 Å². The van der Waals surface area contributed by atoms with Gasteiger partial charge in [0, 0.05) is 37.6 Å². The van der Waals surface area contributed by atoms with Crippen LogP contribution in [0.2, 0.25) is 0 Å². The number of hydrogen-bond acceptors (Lipinski definition) is 6. The van der Waals surface area contributed by atoms with Crippen LogP contribution in [0.1, 0.15) is 25.3 Å². The van der Waals surface area contributed by atoms with Crippen LogP contribution in [-0.4, -0.2) is 51.8 Å². The topological polar surface area (TPSA) is 56.6 Å². The molecule has 1 saturated heterocycles. The van der Waals surface area contributed by atoms with Crippen LogP contribution in [0.15, 0.2) is 59.6 Å². The summed E-state index contributed by atoms with van der Waals surface area (Å²) in [5, 5.41) is 4.73. The van der Waals surface area contributed by atoms with E-state index in [1.165, 1.54) is 17.8 Å². The minimum absolute atomic E-state index is 0.149. The fourth-order valence-corrected chi connectivity index (χ4v) is 4.91. The molecule has 1 aliphatic heterocycles. The van der Waals surface area contributed by atoms with Crippen molar-refractivity contribution in [1.29, 1.82) is 0 Å². The molecular weight excluding hydrogens is 485 g/mol. The van der Waals surface area contributed by atoms with Gasteiger partial charge in [0.05, 0.1) is 17.2 Å². The van der Waals surface area contributed by atoms with E-state index in [1.807, 2.05) is 43.5 Å². The van der Waals surface area contributed by atoms with Gasteiger partial charge < -0.3 is 9.47 Å². The molecule has 0 saturated carbocycles. The highest BCUT2D eigenvalue weighted by molar-refractivity contribution is 8.26. The standard InChI is InChI=1S/C26H26FN3O3S2/c1-3-13-33-22-11-10-18(15-21(22)27)24-19(17-30(28-24)20-8-5-4-6-9-20)16-23-25(31)29(26(34)35-23)12-7-14-32-2/h4-6,8-11,15-17H,3,7,12-14H2,1-2H3. The van der Waals surface area contributed by atoms with Gasteiger partial charge >= 0.3 is 0 Å². The summed E-state index contributed by atoms with van der Waals surface area (Å²) in [4.78, 5) is 15.1. The Morgan fingerprint density at radius 1 is 1.17 bits per heavy atom. The molecule has 4 rings (SSSR count). The molecular formula is C26H26FN3O3S2. The van der Waals surface area contributed by atoms with Gasteiger partial charge in [-0.1, -0.05) is 49.1 Å². The van der Waals surface area contributed by atoms with E-state index in [9.17, 15) is 9.18 Å². The van der Waals surface area contributed by atoms with Crippen molar-refractivity contribution in [2.75, 3.05) is 26.9 Å². The predicted octanol–water partition coefficient (Wildman–Crippen LogP) is 5.70. The van der Waals surface area contributed by atoms with Crippen molar-refractivity contribution >= 4 is 40.3 Å². The average molecular weight is 512 g/mol. The number of para-hydroxylation sites is 1. The highest BCUT2D eigenvalue weighted by atomic mass is 32.2. The molecule has 6 nitrogen and oxygen atoms in total. The van der Waals surface area contributed by atoms with Crippen LogP contribution in [-0.2, 0) is 9.53 Å². The van der Waals surface area contributed by atoms with E-state index in [0.717, 1.165) is 12.1 Å². The second-order valence-electron chi connectivity index (χ2n) is 7.89. The Bertz CT molecular complexity index is 1240. The average Bonchev–Trinajstić information content (AvgIpc) is 3.40. The molecule has 0 atom stereocenters. The molecule has 0 N–H and O–H groups in total. The maximum absolute atomic E-state index is 14.8. The number of halogens is 1. The summed E-state index contributed by atoms with van der Waals surface area (Å²) >= 11 is 6.69. The summed E-state index contributed by atoms with van der Waals surface area (Å²) in [5.74, 6) is -0.402. The van der Waals surface area contributed by atoms with Gasteiger partial charge in [0.2, 0.25) is 0 Å². The predicted molar refractivity (Wildman–Crippen MR) is 141 cm³/mol. The normalized spacial score (nSPS) is 14.8. The summed E-state index contributed by atoms with van der Waals surface area (Å²) in [6.07, 6.45) is 5.09. The maximum atomic E-state index is 14.8. The summed E-state index contributed by atoms with van der Waals surface area (Å²) in [5.41, 5.74) is 2.68. The number of benzene rings is 2. The number of thiocarbonyl (C=S) groups is 1. The number of aromatic nitrogens is 2. The van der Waals surface area contributed by atoms with E-state index in [-0.39, 0.29) is 11.7 Å². The lowest BCUT2D eigenvalue weighted by Crippen LogP contribution is -2.29. The lowest BCUT2D eigenvalue weighted by molar-refractivity contribution is -0.122. The van der Waals surface area contributed by atoms with Crippen molar-refractivity contribution in [2.45, 2.75) is 19.8 Å². The van der Waals surface area contributed by atoms with Crippen molar-refractivity contribution in [1.82, 2.24) is 14.7 Å². The van der Waals surface area contributed by atoms with Gasteiger partial charge in [-0.3, -0.25) is 9.69 Å². The van der Waals surface area contributed by atoms with Crippen LogP contribution in [0, 0.1) is 5.82 Å². The first-order valence-corrected chi connectivity index (χ1v) is 12.6. The lowest BCUT2D eigenvalue weighted by atomic mass is 10.1. The van der Waals surface area contributed by atoms with E-state index in [0.29, 0.717) is 52.2 Å². The minimum atomic E-state index is -0.458. The zero-order valence-corrected chi connectivity index (χ0v) is 21.2. The van der Waals surface area contributed by atoms with Crippen molar-refractivity contribution in [2.24, 2.45) is 0 Å². The van der Waals surface area contributed by atoms with Gasteiger partial charge in [-0.25, -0.2) is 9.07 Å². The molecule has 3 aromatic rings. The van der Waals surface area contributed by atoms with Crippen LogP contribution in [0.3, 0.4) is 0 Å². The number of ether oxygens (including phenoxy) is 2. The zero-order valence-electron chi connectivity index (χ0n) is 19.6. The molecule has 2 aromatic carbocycles. The quantitative estimate of drug-likeness (QED) is 0.198. The first-order valence-electron chi connectivity index (χ1n) is 11.3. The Morgan fingerprint density at radius 3 is 2.69 bits per heavy atom. The molecule has 182 valence electrons. The van der Waals surface area contributed by atoms with E-state index >= 15 is 0 Å². The van der Waals surface area contributed by atoms with Crippen LogP contribution in [0.25, 0.3) is 23.0 Å². The molecule has 0 bridgehead atoms. The zero-order chi connectivity index (χ0) is 24.8. The fraction of sp³-hybridized carbons (Fsp3) is 0.269. The highest BCUT2D eigenvalue weighted by Gasteiger charge is 2.32. The number of nitrogens with zero attached hydrogens (tertiary/aromatic N) is 3. The number of carbonyl (C=O) groups excluding carboxylic acids is 1. The van der Waals surface area contributed by atoms with Crippen LogP contribution in [0.5, 0.6) is 5.75 Å². The summed E-state index contributed by atoms with van der Waals surface area (Å²) < 4.78 is 27.6. The molecule has 0 unspecified atom stereocenters. The largest absolute Gasteiger partial charge is 0.491 e. The van der Waals surface area contributed by atoms with Crippen molar-refractivity contribution in [3.63, 3.8) is 0 Å². The molecule has 0 aliphatic carbocycles. The minimum Gasteiger partial charge on any atom is -0.491 e. The SMILES string of the molecule is CCCOc1ccc(-c2nn(-c3ccccc3)cc2C=C2SC(=S)N(CCCOC)C2=O)cc1F. The molecule has 1 fully saturated rings. The Labute approximate surface area is 213 Å². The van der Waals surface area contributed by atoms with Gasteiger partial charge in [0.25, 0.3) is 5.91 Å². The summed E-state index contributed by atoms with van der Waals surface area (Å²) in [6, 6.07) is 14.4.